The van der Waals surface area contributed by atoms with Crippen LogP contribution in [-0.4, -0.2) is 30.7 Å². The van der Waals surface area contributed by atoms with Gasteiger partial charge in [0.05, 0.1) is 19.0 Å². The molecule has 0 fully saturated rings. The van der Waals surface area contributed by atoms with E-state index in [0.29, 0.717) is 18.0 Å². The first kappa shape index (κ1) is 17.4. The molecule has 0 saturated heterocycles. The largest absolute Gasteiger partial charge is 0.481 e. The van der Waals surface area contributed by atoms with Crippen molar-refractivity contribution in [1.29, 1.82) is 0 Å². The molecular weight excluding hydrogens is 268 g/mol. The van der Waals surface area contributed by atoms with Crippen molar-refractivity contribution in [1.82, 2.24) is 4.98 Å². The molecule has 0 aromatic carbocycles. The maximum atomic E-state index is 12.4. The Kier molecular flexibility index (Phi) is 6.62. The number of aryl methyl sites for hydroxylation is 1. The number of nitrogens with zero attached hydrogens (tertiary/aromatic N) is 1. The Morgan fingerprint density at radius 2 is 2.10 bits per heavy atom. The van der Waals surface area contributed by atoms with E-state index in [2.05, 4.69) is 17.2 Å². The average Bonchev–Trinajstić information content (AvgIpc) is 2.47. The van der Waals surface area contributed by atoms with E-state index in [9.17, 15) is 4.79 Å². The van der Waals surface area contributed by atoms with E-state index >= 15 is 0 Å². The lowest BCUT2D eigenvalue weighted by Crippen LogP contribution is -2.42. The fourth-order valence-electron chi connectivity index (χ4n) is 2.13. The number of nitrogens with one attached hydrogen (secondary N) is 1. The van der Waals surface area contributed by atoms with Gasteiger partial charge in [-0.3, -0.25) is 4.79 Å². The number of hydrogen-bond acceptors (Lipinski definition) is 4. The normalized spacial score (nSPS) is 13.6. The fraction of sp³-hybridized carbons (Fsp3) is 0.625. The van der Waals surface area contributed by atoms with Crippen molar-refractivity contribution in [2.75, 3.05) is 19.5 Å². The van der Waals surface area contributed by atoms with Crippen molar-refractivity contribution in [2.45, 2.75) is 52.1 Å². The first-order chi connectivity index (χ1) is 9.96. The van der Waals surface area contributed by atoms with Gasteiger partial charge in [0, 0.05) is 12.7 Å². The molecule has 0 aliphatic rings. The van der Waals surface area contributed by atoms with Gasteiger partial charge < -0.3 is 14.8 Å². The molecule has 1 aromatic heterocycles. The third kappa shape index (κ3) is 4.70. The topological polar surface area (TPSA) is 60.5 Å². The minimum atomic E-state index is -0.816. The van der Waals surface area contributed by atoms with E-state index in [-0.39, 0.29) is 5.91 Å². The second-order valence-corrected chi connectivity index (χ2v) is 5.40. The molecule has 1 heterocycles. The maximum absolute atomic E-state index is 12.4. The number of pyridine rings is 1. The molecule has 0 unspecified atom stereocenters. The molecule has 118 valence electrons. The van der Waals surface area contributed by atoms with Crippen molar-refractivity contribution in [3.05, 3.63) is 17.8 Å². The van der Waals surface area contributed by atoms with Gasteiger partial charge >= 0.3 is 0 Å². The molecule has 1 rings (SSSR count). The number of unbranched alkanes of at least 4 members (excludes halogenated alkanes) is 2. The Morgan fingerprint density at radius 3 is 2.62 bits per heavy atom. The number of methoxy groups -OCH3 is 2. The van der Waals surface area contributed by atoms with E-state index in [1.54, 1.807) is 20.4 Å². The predicted octanol–water partition coefficient (Wildman–Crippen LogP) is 3.32. The molecule has 1 aromatic rings. The zero-order valence-electron chi connectivity index (χ0n) is 13.7. The maximum Gasteiger partial charge on any atom is 0.256 e. The highest BCUT2D eigenvalue weighted by molar-refractivity contribution is 5.97. The van der Waals surface area contributed by atoms with Crippen molar-refractivity contribution in [3.63, 3.8) is 0 Å². The van der Waals surface area contributed by atoms with E-state index in [4.69, 9.17) is 9.47 Å². The third-order valence-corrected chi connectivity index (χ3v) is 3.67. The minimum Gasteiger partial charge on any atom is -0.481 e. The lowest BCUT2D eigenvalue weighted by molar-refractivity contribution is -0.136. The first-order valence-corrected chi connectivity index (χ1v) is 7.34. The monoisotopic (exact) mass is 294 g/mol. The highest BCUT2D eigenvalue weighted by Gasteiger charge is 2.32. The zero-order valence-corrected chi connectivity index (χ0v) is 13.7. The molecule has 5 nitrogen and oxygen atoms in total. The van der Waals surface area contributed by atoms with Crippen LogP contribution in [0.25, 0.3) is 0 Å². The summed E-state index contributed by atoms with van der Waals surface area (Å²) in [7, 11) is 3.15. The number of carbonyl (C=O) groups excluding carboxylic acids is 1. The second kappa shape index (κ2) is 7.98. The van der Waals surface area contributed by atoms with Crippen LogP contribution in [-0.2, 0) is 9.53 Å². The van der Waals surface area contributed by atoms with Gasteiger partial charge in [-0.1, -0.05) is 26.2 Å². The van der Waals surface area contributed by atoms with Crippen molar-refractivity contribution in [3.8, 4) is 5.88 Å². The summed E-state index contributed by atoms with van der Waals surface area (Å²) in [5.74, 6) is 0.415. The van der Waals surface area contributed by atoms with Crippen LogP contribution in [0.5, 0.6) is 5.88 Å². The Bertz CT molecular complexity index is 477. The standard InChI is InChI=1S/C16H26N2O3/c1-6-7-8-9-16(3,21-5)15(19)18-13-10-12(2)14(20-4)17-11-13/h10-11H,6-9H2,1-5H3,(H,18,19)/t16-/m1/s1. The van der Waals surface area contributed by atoms with Crippen LogP contribution >= 0.6 is 0 Å². The summed E-state index contributed by atoms with van der Waals surface area (Å²) in [6.45, 7) is 5.84. The first-order valence-electron chi connectivity index (χ1n) is 7.34. The molecule has 0 bridgehead atoms. The number of rotatable bonds is 8. The number of anilines is 1. The van der Waals surface area contributed by atoms with Crippen LogP contribution < -0.4 is 10.1 Å². The molecule has 0 saturated carbocycles. The summed E-state index contributed by atoms with van der Waals surface area (Å²) >= 11 is 0. The highest BCUT2D eigenvalue weighted by atomic mass is 16.5. The SMILES string of the molecule is CCCCC[C@@](C)(OC)C(=O)Nc1cnc(OC)c(C)c1. The Balaban J connectivity index is 2.75. The van der Waals surface area contributed by atoms with Crippen LogP contribution in [0.15, 0.2) is 12.3 Å². The van der Waals surface area contributed by atoms with Crippen LogP contribution in [0.2, 0.25) is 0 Å². The van der Waals surface area contributed by atoms with Crippen LogP contribution in [0.4, 0.5) is 5.69 Å². The smallest absolute Gasteiger partial charge is 0.256 e. The molecule has 1 atom stereocenters. The van der Waals surface area contributed by atoms with Crippen LogP contribution in [0.3, 0.4) is 0 Å². The van der Waals surface area contributed by atoms with Gasteiger partial charge in [-0.2, -0.15) is 0 Å². The van der Waals surface area contributed by atoms with Gasteiger partial charge in [-0.25, -0.2) is 4.98 Å². The molecule has 1 amide bonds. The number of amides is 1. The summed E-state index contributed by atoms with van der Waals surface area (Å²) in [5.41, 5.74) is 0.709. The quantitative estimate of drug-likeness (QED) is 0.747. The number of hydrogen-bond donors (Lipinski definition) is 1. The van der Waals surface area contributed by atoms with Gasteiger partial charge in [0.2, 0.25) is 5.88 Å². The molecule has 0 spiro atoms. The number of ether oxygens (including phenoxy) is 2. The number of carbonyl (C=O) groups is 1. The van der Waals surface area contributed by atoms with E-state index in [1.165, 1.54) is 0 Å². The van der Waals surface area contributed by atoms with Gasteiger partial charge in [0.15, 0.2) is 0 Å². The van der Waals surface area contributed by atoms with Crippen molar-refractivity contribution in [2.24, 2.45) is 0 Å². The van der Waals surface area contributed by atoms with Crippen molar-refractivity contribution < 1.29 is 14.3 Å². The third-order valence-electron chi connectivity index (χ3n) is 3.67. The molecule has 0 aliphatic carbocycles. The zero-order chi connectivity index (χ0) is 15.9. The second-order valence-electron chi connectivity index (χ2n) is 5.40. The molecule has 21 heavy (non-hydrogen) atoms. The Hall–Kier alpha value is -1.62. The summed E-state index contributed by atoms with van der Waals surface area (Å²) in [5, 5.41) is 2.87. The van der Waals surface area contributed by atoms with Gasteiger partial charge in [-0.05, 0) is 26.3 Å². The lowest BCUT2D eigenvalue weighted by Gasteiger charge is -2.27. The van der Waals surface area contributed by atoms with E-state index in [1.807, 2.05) is 19.9 Å². The summed E-state index contributed by atoms with van der Waals surface area (Å²) in [6, 6.07) is 1.84. The summed E-state index contributed by atoms with van der Waals surface area (Å²) < 4.78 is 10.5. The molecule has 1 N–H and O–H groups in total. The Morgan fingerprint density at radius 1 is 1.38 bits per heavy atom. The van der Waals surface area contributed by atoms with Crippen molar-refractivity contribution >= 4 is 11.6 Å². The van der Waals surface area contributed by atoms with Gasteiger partial charge in [-0.15, -0.1) is 0 Å². The predicted molar refractivity (Wildman–Crippen MR) is 83.7 cm³/mol. The summed E-state index contributed by atoms with van der Waals surface area (Å²) in [4.78, 5) is 16.6. The van der Waals surface area contributed by atoms with Gasteiger partial charge in [0.25, 0.3) is 5.91 Å². The molecule has 0 aliphatic heterocycles. The molecular formula is C16H26N2O3. The highest BCUT2D eigenvalue weighted by Crippen LogP contribution is 2.23. The minimum absolute atomic E-state index is 0.146. The fourth-order valence-corrected chi connectivity index (χ4v) is 2.13. The average molecular weight is 294 g/mol. The lowest BCUT2D eigenvalue weighted by atomic mass is 9.97. The van der Waals surface area contributed by atoms with Crippen LogP contribution in [0, 0.1) is 6.92 Å². The van der Waals surface area contributed by atoms with E-state index in [0.717, 1.165) is 24.8 Å². The van der Waals surface area contributed by atoms with Gasteiger partial charge in [0.1, 0.15) is 5.60 Å². The number of aromatic nitrogens is 1. The summed E-state index contributed by atoms with van der Waals surface area (Å²) in [6.07, 6.45) is 5.46. The Labute approximate surface area is 127 Å². The van der Waals surface area contributed by atoms with Crippen LogP contribution in [0.1, 0.15) is 45.1 Å². The molecule has 5 heteroatoms. The molecule has 0 radical (unpaired) electrons. The van der Waals surface area contributed by atoms with E-state index < -0.39 is 5.60 Å².